The van der Waals surface area contributed by atoms with Gasteiger partial charge in [0.1, 0.15) is 5.75 Å². The molecule has 0 heterocycles. The molecule has 2 amide bonds. The number of nitrogens with zero attached hydrogens (tertiary/aromatic N) is 1. The van der Waals surface area contributed by atoms with Crippen molar-refractivity contribution >= 4 is 17.5 Å². The van der Waals surface area contributed by atoms with Gasteiger partial charge in [-0.05, 0) is 24.3 Å². The Labute approximate surface area is 135 Å². The van der Waals surface area contributed by atoms with E-state index in [0.29, 0.717) is 30.1 Å². The van der Waals surface area contributed by atoms with Crippen molar-refractivity contribution in [3.63, 3.8) is 0 Å². The van der Waals surface area contributed by atoms with Gasteiger partial charge in [-0.2, -0.15) is 0 Å². The standard InChI is InChI=1S/C18H20N2O3/c1-14(21)20(16-10-6-7-11-17(16)23-2)13-12-19-18(22)15-8-4-3-5-9-15/h3-11H,12-13H2,1-2H3,(H,19,22). The second kappa shape index (κ2) is 7.98. The SMILES string of the molecule is COc1ccccc1N(CCNC(=O)c1ccccc1)C(C)=O. The summed E-state index contributed by atoms with van der Waals surface area (Å²) in [6.07, 6.45) is 0. The van der Waals surface area contributed by atoms with E-state index >= 15 is 0 Å². The van der Waals surface area contributed by atoms with Crippen molar-refractivity contribution in [3.8, 4) is 5.75 Å². The molecule has 0 fully saturated rings. The molecule has 0 atom stereocenters. The number of methoxy groups -OCH3 is 1. The number of anilines is 1. The van der Waals surface area contributed by atoms with E-state index in [-0.39, 0.29) is 11.8 Å². The molecule has 0 aliphatic carbocycles. The van der Waals surface area contributed by atoms with Crippen LogP contribution in [0.1, 0.15) is 17.3 Å². The molecule has 0 spiro atoms. The Hall–Kier alpha value is -2.82. The van der Waals surface area contributed by atoms with Crippen LogP contribution in [0.2, 0.25) is 0 Å². The number of para-hydroxylation sites is 2. The summed E-state index contributed by atoms with van der Waals surface area (Å²) in [6, 6.07) is 16.3. The Balaban J connectivity index is 2.01. The lowest BCUT2D eigenvalue weighted by atomic mass is 10.2. The topological polar surface area (TPSA) is 58.6 Å². The lowest BCUT2D eigenvalue weighted by Crippen LogP contribution is -2.37. The molecular formula is C18H20N2O3. The summed E-state index contributed by atoms with van der Waals surface area (Å²) in [5.41, 5.74) is 1.29. The number of hydrogen-bond acceptors (Lipinski definition) is 3. The van der Waals surface area contributed by atoms with E-state index in [1.165, 1.54) is 6.92 Å². The van der Waals surface area contributed by atoms with Crippen LogP contribution in [0.25, 0.3) is 0 Å². The van der Waals surface area contributed by atoms with E-state index in [1.54, 1.807) is 30.2 Å². The van der Waals surface area contributed by atoms with Crippen molar-refractivity contribution in [1.82, 2.24) is 5.32 Å². The molecule has 0 unspecified atom stereocenters. The first-order valence-corrected chi connectivity index (χ1v) is 7.38. The molecule has 0 aliphatic heterocycles. The zero-order valence-corrected chi connectivity index (χ0v) is 13.3. The molecule has 0 saturated carbocycles. The van der Waals surface area contributed by atoms with Crippen molar-refractivity contribution in [3.05, 3.63) is 60.2 Å². The van der Waals surface area contributed by atoms with Gasteiger partial charge in [0.15, 0.2) is 0 Å². The Morgan fingerprint density at radius 2 is 1.70 bits per heavy atom. The van der Waals surface area contributed by atoms with Crippen molar-refractivity contribution in [2.75, 3.05) is 25.1 Å². The quantitative estimate of drug-likeness (QED) is 0.891. The monoisotopic (exact) mass is 312 g/mol. The van der Waals surface area contributed by atoms with E-state index in [4.69, 9.17) is 4.74 Å². The van der Waals surface area contributed by atoms with Crippen LogP contribution in [0, 0.1) is 0 Å². The predicted molar refractivity (Wildman–Crippen MR) is 89.8 cm³/mol. The third-order valence-electron chi connectivity index (χ3n) is 3.41. The molecule has 2 rings (SSSR count). The average Bonchev–Trinajstić information content (AvgIpc) is 2.59. The van der Waals surface area contributed by atoms with E-state index in [9.17, 15) is 9.59 Å². The first-order chi connectivity index (χ1) is 11.1. The molecule has 5 nitrogen and oxygen atoms in total. The largest absolute Gasteiger partial charge is 0.495 e. The Kier molecular flexibility index (Phi) is 5.74. The van der Waals surface area contributed by atoms with Crippen LogP contribution in [-0.2, 0) is 4.79 Å². The van der Waals surface area contributed by atoms with E-state index in [1.807, 2.05) is 36.4 Å². The van der Waals surface area contributed by atoms with E-state index in [0.717, 1.165) is 0 Å². The van der Waals surface area contributed by atoms with Gasteiger partial charge in [0, 0.05) is 25.6 Å². The minimum atomic E-state index is -0.158. The van der Waals surface area contributed by atoms with Crippen LogP contribution in [0.4, 0.5) is 5.69 Å². The maximum absolute atomic E-state index is 12.0. The van der Waals surface area contributed by atoms with Gasteiger partial charge in [-0.15, -0.1) is 0 Å². The smallest absolute Gasteiger partial charge is 0.251 e. The van der Waals surface area contributed by atoms with Crippen LogP contribution >= 0.6 is 0 Å². The number of rotatable bonds is 6. The predicted octanol–water partition coefficient (Wildman–Crippen LogP) is 2.48. The summed E-state index contributed by atoms with van der Waals surface area (Å²) in [5, 5.41) is 2.82. The molecule has 0 saturated heterocycles. The summed E-state index contributed by atoms with van der Waals surface area (Å²) in [4.78, 5) is 25.5. The highest BCUT2D eigenvalue weighted by Gasteiger charge is 2.15. The van der Waals surface area contributed by atoms with Crippen LogP contribution in [0.5, 0.6) is 5.75 Å². The molecule has 2 aromatic carbocycles. The van der Waals surface area contributed by atoms with Crippen LogP contribution in [-0.4, -0.2) is 32.0 Å². The number of ether oxygens (including phenoxy) is 1. The van der Waals surface area contributed by atoms with Gasteiger partial charge in [0.25, 0.3) is 5.91 Å². The van der Waals surface area contributed by atoms with Gasteiger partial charge in [0.05, 0.1) is 12.8 Å². The molecule has 0 aliphatic rings. The fourth-order valence-corrected chi connectivity index (χ4v) is 2.27. The fraction of sp³-hybridized carbons (Fsp3) is 0.222. The first kappa shape index (κ1) is 16.5. The molecule has 2 aromatic rings. The van der Waals surface area contributed by atoms with Gasteiger partial charge >= 0.3 is 0 Å². The molecular weight excluding hydrogens is 292 g/mol. The molecule has 120 valence electrons. The van der Waals surface area contributed by atoms with E-state index in [2.05, 4.69) is 5.32 Å². The minimum Gasteiger partial charge on any atom is -0.495 e. The van der Waals surface area contributed by atoms with Crippen molar-refractivity contribution in [2.24, 2.45) is 0 Å². The highest BCUT2D eigenvalue weighted by Crippen LogP contribution is 2.27. The maximum Gasteiger partial charge on any atom is 0.251 e. The first-order valence-electron chi connectivity index (χ1n) is 7.38. The zero-order valence-electron chi connectivity index (χ0n) is 13.3. The van der Waals surface area contributed by atoms with Gasteiger partial charge in [0.2, 0.25) is 5.91 Å². The maximum atomic E-state index is 12.0. The summed E-state index contributed by atoms with van der Waals surface area (Å²) in [5.74, 6) is 0.356. The number of carbonyl (C=O) groups is 2. The Bertz CT molecular complexity index is 671. The molecule has 0 aromatic heterocycles. The second-order valence-electron chi connectivity index (χ2n) is 4.96. The highest BCUT2D eigenvalue weighted by molar-refractivity contribution is 5.95. The number of nitrogens with one attached hydrogen (secondary N) is 1. The molecule has 0 bridgehead atoms. The summed E-state index contributed by atoms with van der Waals surface area (Å²) in [7, 11) is 1.56. The van der Waals surface area contributed by atoms with Gasteiger partial charge < -0.3 is 15.0 Å². The molecule has 0 radical (unpaired) electrons. The van der Waals surface area contributed by atoms with Gasteiger partial charge in [-0.25, -0.2) is 0 Å². The minimum absolute atomic E-state index is 0.108. The normalized spacial score (nSPS) is 10.0. The molecule has 5 heteroatoms. The average molecular weight is 312 g/mol. The number of carbonyl (C=O) groups excluding carboxylic acids is 2. The van der Waals surface area contributed by atoms with Crippen molar-refractivity contribution in [2.45, 2.75) is 6.92 Å². The zero-order chi connectivity index (χ0) is 16.7. The Morgan fingerprint density at radius 3 is 2.35 bits per heavy atom. The number of benzene rings is 2. The van der Waals surface area contributed by atoms with E-state index < -0.39 is 0 Å². The lowest BCUT2D eigenvalue weighted by molar-refractivity contribution is -0.116. The molecule has 23 heavy (non-hydrogen) atoms. The van der Waals surface area contributed by atoms with Crippen molar-refractivity contribution in [1.29, 1.82) is 0 Å². The number of amides is 2. The third kappa shape index (κ3) is 4.32. The fourth-order valence-electron chi connectivity index (χ4n) is 2.27. The summed E-state index contributed by atoms with van der Waals surface area (Å²) >= 11 is 0. The lowest BCUT2D eigenvalue weighted by Gasteiger charge is -2.23. The van der Waals surface area contributed by atoms with Crippen LogP contribution < -0.4 is 15.0 Å². The molecule has 1 N–H and O–H groups in total. The van der Waals surface area contributed by atoms with Crippen LogP contribution in [0.15, 0.2) is 54.6 Å². The third-order valence-corrected chi connectivity index (χ3v) is 3.41. The van der Waals surface area contributed by atoms with Crippen molar-refractivity contribution < 1.29 is 14.3 Å². The highest BCUT2D eigenvalue weighted by atomic mass is 16.5. The van der Waals surface area contributed by atoms with Crippen LogP contribution in [0.3, 0.4) is 0 Å². The number of hydrogen-bond donors (Lipinski definition) is 1. The summed E-state index contributed by atoms with van der Waals surface area (Å²) in [6.45, 7) is 2.21. The second-order valence-corrected chi connectivity index (χ2v) is 4.96. The van der Waals surface area contributed by atoms with Gasteiger partial charge in [-0.3, -0.25) is 9.59 Å². The summed E-state index contributed by atoms with van der Waals surface area (Å²) < 4.78 is 5.29. The van der Waals surface area contributed by atoms with Gasteiger partial charge in [-0.1, -0.05) is 30.3 Å². The Morgan fingerprint density at radius 1 is 1.04 bits per heavy atom.